The molecule has 1 aliphatic rings. The highest BCUT2D eigenvalue weighted by Crippen LogP contribution is 2.39. The van der Waals surface area contributed by atoms with E-state index in [1.165, 1.54) is 24.2 Å². The van der Waals surface area contributed by atoms with Gasteiger partial charge >= 0.3 is 0 Å². The Morgan fingerprint density at radius 1 is 1.50 bits per heavy atom. The molecule has 1 heterocycles. The van der Waals surface area contributed by atoms with Gasteiger partial charge in [0, 0.05) is 42.6 Å². The molecule has 0 bridgehead atoms. The highest BCUT2D eigenvalue weighted by Gasteiger charge is 2.25. The van der Waals surface area contributed by atoms with E-state index in [0.717, 1.165) is 6.54 Å². The maximum absolute atomic E-state index is 5.66. The molecule has 1 aromatic rings. The molecule has 0 unspecified atom stereocenters. The molecule has 1 fully saturated rings. The second-order valence-electron chi connectivity index (χ2n) is 4.79. The molecule has 2 N–H and O–H groups in total. The third-order valence-corrected chi connectivity index (χ3v) is 3.09. The largest absolute Gasteiger partial charge is 0.368 e. The van der Waals surface area contributed by atoms with Crippen molar-refractivity contribution in [1.82, 2.24) is 4.98 Å². The summed E-state index contributed by atoms with van der Waals surface area (Å²) in [5.41, 5.74) is 8.17. The first-order valence-electron chi connectivity index (χ1n) is 6.15. The number of nitrogens with zero attached hydrogens (tertiary/aromatic N) is 2. The zero-order valence-electron chi connectivity index (χ0n) is 10.2. The second kappa shape index (κ2) is 4.83. The van der Waals surface area contributed by atoms with E-state index in [2.05, 4.69) is 35.9 Å². The summed E-state index contributed by atoms with van der Waals surface area (Å²) >= 11 is 0. The summed E-state index contributed by atoms with van der Waals surface area (Å²) in [4.78, 5) is 6.79. The van der Waals surface area contributed by atoms with Gasteiger partial charge in [0.15, 0.2) is 0 Å². The van der Waals surface area contributed by atoms with Crippen molar-refractivity contribution in [3.63, 3.8) is 0 Å². The minimum absolute atomic E-state index is 0.484. The van der Waals surface area contributed by atoms with Gasteiger partial charge in [-0.2, -0.15) is 0 Å². The van der Waals surface area contributed by atoms with Gasteiger partial charge in [0.2, 0.25) is 0 Å². The number of anilines is 1. The fraction of sp³-hybridized carbons (Fsp3) is 0.615. The van der Waals surface area contributed by atoms with E-state index in [1.807, 2.05) is 6.20 Å². The maximum Gasteiger partial charge on any atom is 0.0455 e. The lowest BCUT2D eigenvalue weighted by Crippen LogP contribution is -2.35. The Balaban J connectivity index is 2.19. The molecule has 0 saturated heterocycles. The van der Waals surface area contributed by atoms with Gasteiger partial charge in [0.05, 0.1) is 0 Å². The number of aromatic nitrogens is 1. The molecular formula is C13H21N3. The third kappa shape index (κ3) is 2.53. The summed E-state index contributed by atoms with van der Waals surface area (Å²) in [6, 6.07) is 4.80. The standard InChI is InChI=1S/C13H21N3/c1-10(2)16(8-6-14)12-5-7-15-13(9-12)11-3-4-11/h5,7,9-11H,3-4,6,8,14H2,1-2H3. The molecule has 3 nitrogen and oxygen atoms in total. The Hall–Kier alpha value is -1.09. The zero-order chi connectivity index (χ0) is 11.5. The van der Waals surface area contributed by atoms with Crippen molar-refractivity contribution in [1.29, 1.82) is 0 Å². The van der Waals surface area contributed by atoms with Gasteiger partial charge in [-0.1, -0.05) is 0 Å². The van der Waals surface area contributed by atoms with Crippen molar-refractivity contribution in [3.8, 4) is 0 Å². The molecule has 3 heteroatoms. The summed E-state index contributed by atoms with van der Waals surface area (Å²) in [6.07, 6.45) is 4.53. The smallest absolute Gasteiger partial charge is 0.0455 e. The summed E-state index contributed by atoms with van der Waals surface area (Å²) < 4.78 is 0. The minimum Gasteiger partial charge on any atom is -0.368 e. The number of nitrogens with two attached hydrogens (primary N) is 1. The molecular weight excluding hydrogens is 198 g/mol. The monoisotopic (exact) mass is 219 g/mol. The number of hydrogen-bond acceptors (Lipinski definition) is 3. The molecule has 0 atom stereocenters. The molecule has 2 rings (SSSR count). The summed E-state index contributed by atoms with van der Waals surface area (Å²) in [5, 5.41) is 0. The molecule has 0 aromatic carbocycles. The van der Waals surface area contributed by atoms with Gasteiger partial charge in [-0.3, -0.25) is 4.98 Å². The highest BCUT2D eigenvalue weighted by molar-refractivity contribution is 5.48. The van der Waals surface area contributed by atoms with Crippen LogP contribution in [0, 0.1) is 0 Å². The van der Waals surface area contributed by atoms with Gasteiger partial charge in [0.1, 0.15) is 0 Å². The van der Waals surface area contributed by atoms with Crippen LogP contribution in [-0.4, -0.2) is 24.1 Å². The van der Waals surface area contributed by atoms with Crippen LogP contribution in [-0.2, 0) is 0 Å². The highest BCUT2D eigenvalue weighted by atomic mass is 15.2. The molecule has 1 aromatic heterocycles. The van der Waals surface area contributed by atoms with Crippen molar-refractivity contribution in [2.24, 2.45) is 5.73 Å². The van der Waals surface area contributed by atoms with E-state index in [0.29, 0.717) is 18.5 Å². The van der Waals surface area contributed by atoms with Crippen LogP contribution in [0.2, 0.25) is 0 Å². The van der Waals surface area contributed by atoms with E-state index in [-0.39, 0.29) is 0 Å². The Bertz CT molecular complexity index is 345. The van der Waals surface area contributed by atoms with Crippen LogP contribution in [0.25, 0.3) is 0 Å². The molecule has 16 heavy (non-hydrogen) atoms. The first kappa shape index (κ1) is 11.4. The molecule has 1 saturated carbocycles. The lowest BCUT2D eigenvalue weighted by atomic mass is 10.2. The second-order valence-corrected chi connectivity index (χ2v) is 4.79. The maximum atomic E-state index is 5.66. The van der Waals surface area contributed by atoms with E-state index < -0.39 is 0 Å². The molecule has 88 valence electrons. The predicted octanol–water partition coefficient (Wildman–Crippen LogP) is 2.13. The summed E-state index contributed by atoms with van der Waals surface area (Å²) in [7, 11) is 0. The molecule has 0 amide bonds. The Labute approximate surface area is 97.7 Å². The lowest BCUT2D eigenvalue weighted by Gasteiger charge is -2.28. The first-order chi connectivity index (χ1) is 7.72. The fourth-order valence-corrected chi connectivity index (χ4v) is 2.04. The average molecular weight is 219 g/mol. The minimum atomic E-state index is 0.484. The summed E-state index contributed by atoms with van der Waals surface area (Å²) in [6.45, 7) is 6.00. The van der Waals surface area contributed by atoms with Crippen LogP contribution in [0.1, 0.15) is 38.3 Å². The van der Waals surface area contributed by atoms with Crippen molar-refractivity contribution in [2.45, 2.75) is 38.6 Å². The quantitative estimate of drug-likeness (QED) is 0.825. The van der Waals surface area contributed by atoms with E-state index >= 15 is 0 Å². The van der Waals surface area contributed by atoms with Crippen LogP contribution in [0.3, 0.4) is 0 Å². The number of hydrogen-bond donors (Lipinski definition) is 1. The molecule has 1 aliphatic carbocycles. The van der Waals surface area contributed by atoms with Crippen molar-refractivity contribution < 1.29 is 0 Å². The summed E-state index contributed by atoms with van der Waals surface area (Å²) in [5.74, 6) is 0.715. The molecule has 0 radical (unpaired) electrons. The SMILES string of the molecule is CC(C)N(CCN)c1ccnc(C2CC2)c1. The third-order valence-electron chi connectivity index (χ3n) is 3.09. The van der Waals surface area contributed by atoms with Crippen LogP contribution >= 0.6 is 0 Å². The van der Waals surface area contributed by atoms with Crippen LogP contribution in [0.15, 0.2) is 18.3 Å². The number of rotatable bonds is 5. The first-order valence-corrected chi connectivity index (χ1v) is 6.15. The zero-order valence-corrected chi connectivity index (χ0v) is 10.2. The van der Waals surface area contributed by atoms with Gasteiger partial charge < -0.3 is 10.6 Å². The van der Waals surface area contributed by atoms with Crippen LogP contribution in [0.5, 0.6) is 0 Å². The normalized spacial score (nSPS) is 15.5. The van der Waals surface area contributed by atoms with Gasteiger partial charge in [0.25, 0.3) is 0 Å². The van der Waals surface area contributed by atoms with Gasteiger partial charge in [-0.15, -0.1) is 0 Å². The Morgan fingerprint density at radius 2 is 2.25 bits per heavy atom. The van der Waals surface area contributed by atoms with Crippen molar-refractivity contribution >= 4 is 5.69 Å². The van der Waals surface area contributed by atoms with Crippen LogP contribution in [0.4, 0.5) is 5.69 Å². The Morgan fingerprint density at radius 3 is 2.81 bits per heavy atom. The van der Waals surface area contributed by atoms with E-state index in [4.69, 9.17) is 5.73 Å². The number of pyridine rings is 1. The fourth-order valence-electron chi connectivity index (χ4n) is 2.04. The molecule has 0 aliphatic heterocycles. The van der Waals surface area contributed by atoms with E-state index in [9.17, 15) is 0 Å². The lowest BCUT2D eigenvalue weighted by molar-refractivity contribution is 0.683. The average Bonchev–Trinajstić information content (AvgIpc) is 3.09. The predicted molar refractivity (Wildman–Crippen MR) is 67.7 cm³/mol. The topological polar surface area (TPSA) is 42.1 Å². The van der Waals surface area contributed by atoms with Gasteiger partial charge in [-0.25, -0.2) is 0 Å². The van der Waals surface area contributed by atoms with Crippen LogP contribution < -0.4 is 10.6 Å². The Kier molecular flexibility index (Phi) is 3.44. The van der Waals surface area contributed by atoms with Crippen molar-refractivity contribution in [3.05, 3.63) is 24.0 Å². The molecule has 0 spiro atoms. The van der Waals surface area contributed by atoms with Gasteiger partial charge in [-0.05, 0) is 38.8 Å². The van der Waals surface area contributed by atoms with Crippen molar-refractivity contribution in [2.75, 3.05) is 18.0 Å². The van der Waals surface area contributed by atoms with E-state index in [1.54, 1.807) is 0 Å².